The molecule has 0 saturated heterocycles. The van der Waals surface area contributed by atoms with Crippen molar-refractivity contribution in [1.29, 1.82) is 0 Å². The Morgan fingerprint density at radius 2 is 1.72 bits per heavy atom. The van der Waals surface area contributed by atoms with Gasteiger partial charge in [0.1, 0.15) is 0 Å². The zero-order valence-corrected chi connectivity index (χ0v) is 12.7. The maximum absolute atomic E-state index is 11.4. The largest absolute Gasteiger partial charge is 0.411 e. The smallest absolute Gasteiger partial charge is 0.329 e. The van der Waals surface area contributed by atoms with Gasteiger partial charge in [-0.2, -0.15) is 0 Å². The molecule has 0 aliphatic heterocycles. The lowest BCUT2D eigenvalue weighted by Gasteiger charge is -2.18. The van der Waals surface area contributed by atoms with E-state index in [4.69, 9.17) is 0 Å². The summed E-state index contributed by atoms with van der Waals surface area (Å²) in [6.07, 6.45) is 0.596. The third kappa shape index (κ3) is 10.5. The second kappa shape index (κ2) is 9.32. The minimum Gasteiger partial charge on any atom is -0.411 e. The monoisotopic (exact) mass is 277 g/mol. The van der Waals surface area contributed by atoms with Crippen molar-refractivity contribution in [3.63, 3.8) is 0 Å². The van der Waals surface area contributed by atoms with E-state index in [-0.39, 0.29) is 6.03 Å². The Labute approximate surface area is 111 Å². The molecular formula is C11H27N3O3Si. The summed E-state index contributed by atoms with van der Waals surface area (Å²) in [5.74, 6) is 0. The fourth-order valence-corrected chi connectivity index (χ4v) is 2.40. The van der Waals surface area contributed by atoms with Crippen LogP contribution in [0.25, 0.3) is 0 Å². The van der Waals surface area contributed by atoms with Crippen molar-refractivity contribution < 1.29 is 14.4 Å². The molecule has 0 radical (unpaired) electrons. The van der Waals surface area contributed by atoms with Crippen molar-refractivity contribution in [2.45, 2.75) is 32.9 Å². The van der Waals surface area contributed by atoms with Gasteiger partial charge < -0.3 is 25.1 Å². The van der Waals surface area contributed by atoms with E-state index >= 15 is 0 Å². The zero-order valence-electron chi connectivity index (χ0n) is 11.7. The summed E-state index contributed by atoms with van der Waals surface area (Å²) in [4.78, 5) is 32.0. The Hall–Kier alpha value is -0.633. The molecule has 0 fully saturated rings. The molecule has 0 aromatic carbocycles. The van der Waals surface area contributed by atoms with E-state index in [1.165, 1.54) is 6.55 Å². The number of hydrogen-bond donors (Lipinski definition) is 4. The molecule has 0 atom stereocenters. The highest BCUT2D eigenvalue weighted by Crippen LogP contribution is 2.02. The molecule has 108 valence electrons. The number of urea groups is 1. The first kappa shape index (κ1) is 17.4. The van der Waals surface area contributed by atoms with Gasteiger partial charge in [0.25, 0.3) is 0 Å². The van der Waals surface area contributed by atoms with E-state index in [0.29, 0.717) is 25.6 Å². The summed E-state index contributed by atoms with van der Waals surface area (Å²) < 4.78 is 0. The van der Waals surface area contributed by atoms with Crippen LogP contribution in [0.4, 0.5) is 4.79 Å². The topological polar surface area (TPSA) is 84.8 Å². The van der Waals surface area contributed by atoms with Crippen molar-refractivity contribution in [3.8, 4) is 0 Å². The molecule has 0 spiro atoms. The van der Waals surface area contributed by atoms with E-state index in [9.17, 15) is 14.4 Å². The minimum absolute atomic E-state index is 0.193. The Morgan fingerprint density at radius 3 is 2.22 bits per heavy atom. The Bertz CT molecular complexity index is 230. The highest BCUT2D eigenvalue weighted by molar-refractivity contribution is 6.63. The van der Waals surface area contributed by atoms with Crippen LogP contribution in [0.5, 0.6) is 0 Å². The van der Waals surface area contributed by atoms with Crippen molar-refractivity contribution in [2.24, 2.45) is 0 Å². The SMILES string of the molecule is CCN(CC)CCNC(=O)NCCC[Si](C)(O)O. The highest BCUT2D eigenvalue weighted by Gasteiger charge is 2.19. The second-order valence-corrected chi connectivity index (χ2v) is 7.46. The molecule has 0 aliphatic carbocycles. The van der Waals surface area contributed by atoms with Gasteiger partial charge in [-0.3, -0.25) is 0 Å². The van der Waals surface area contributed by atoms with Gasteiger partial charge in [0, 0.05) is 19.6 Å². The molecule has 0 aliphatic rings. The first-order valence-electron chi connectivity index (χ1n) is 6.57. The summed E-state index contributed by atoms with van der Waals surface area (Å²) in [6, 6.07) is 0.189. The van der Waals surface area contributed by atoms with Crippen LogP contribution >= 0.6 is 0 Å². The quantitative estimate of drug-likeness (QED) is 0.355. The first-order valence-corrected chi connectivity index (χ1v) is 9.18. The predicted octanol–water partition coefficient (Wildman–Crippen LogP) is 0.0741. The number of likely N-dealkylation sites (N-methyl/N-ethyl adjacent to an activating group) is 1. The fourth-order valence-electron chi connectivity index (χ4n) is 1.56. The lowest BCUT2D eigenvalue weighted by atomic mass is 10.4. The van der Waals surface area contributed by atoms with Gasteiger partial charge in [0.05, 0.1) is 0 Å². The normalized spacial score (nSPS) is 11.7. The average Bonchev–Trinajstić information content (AvgIpc) is 2.29. The minimum atomic E-state index is -2.96. The molecule has 0 saturated carbocycles. The molecule has 0 bridgehead atoms. The third-order valence-corrected chi connectivity index (χ3v) is 4.02. The number of amides is 2. The second-order valence-electron chi connectivity index (χ2n) is 4.53. The molecule has 0 heterocycles. The Morgan fingerprint density at radius 1 is 1.17 bits per heavy atom. The van der Waals surface area contributed by atoms with E-state index in [2.05, 4.69) is 29.4 Å². The van der Waals surface area contributed by atoms with E-state index in [0.717, 1.165) is 19.6 Å². The Kier molecular flexibility index (Phi) is 8.99. The van der Waals surface area contributed by atoms with Crippen LogP contribution in [0.1, 0.15) is 20.3 Å². The van der Waals surface area contributed by atoms with Crippen LogP contribution in [0.2, 0.25) is 12.6 Å². The van der Waals surface area contributed by atoms with Gasteiger partial charge in [0.2, 0.25) is 0 Å². The van der Waals surface area contributed by atoms with E-state index in [1.54, 1.807) is 0 Å². The molecule has 7 heteroatoms. The lowest BCUT2D eigenvalue weighted by Crippen LogP contribution is -2.41. The summed E-state index contributed by atoms with van der Waals surface area (Å²) >= 11 is 0. The van der Waals surface area contributed by atoms with Gasteiger partial charge in [-0.25, -0.2) is 4.79 Å². The zero-order chi connectivity index (χ0) is 14.0. The summed E-state index contributed by atoms with van der Waals surface area (Å²) in [5, 5.41) is 5.47. The standard InChI is InChI=1S/C11H27N3O3Si/c1-4-14(5-2)9-8-13-11(15)12-7-6-10-18(3,16)17/h16-17H,4-10H2,1-3H3,(H2,12,13,15). The molecule has 0 rings (SSSR count). The van der Waals surface area contributed by atoms with Crippen LogP contribution in [0.15, 0.2) is 0 Å². The molecule has 2 amide bonds. The summed E-state index contributed by atoms with van der Waals surface area (Å²) in [7, 11) is -2.96. The van der Waals surface area contributed by atoms with Crippen LogP contribution in [0.3, 0.4) is 0 Å². The average molecular weight is 277 g/mol. The van der Waals surface area contributed by atoms with Crippen LogP contribution in [-0.2, 0) is 0 Å². The van der Waals surface area contributed by atoms with Gasteiger partial charge in [0.15, 0.2) is 0 Å². The number of hydrogen-bond acceptors (Lipinski definition) is 4. The number of nitrogens with one attached hydrogen (secondary N) is 2. The van der Waals surface area contributed by atoms with Gasteiger partial charge >= 0.3 is 14.6 Å². The molecule has 4 N–H and O–H groups in total. The van der Waals surface area contributed by atoms with Crippen LogP contribution in [0, 0.1) is 0 Å². The summed E-state index contributed by atoms with van der Waals surface area (Å²) in [5.41, 5.74) is 0. The van der Waals surface area contributed by atoms with Crippen molar-refractivity contribution in [2.75, 3.05) is 32.7 Å². The maximum Gasteiger partial charge on any atom is 0.329 e. The molecule has 18 heavy (non-hydrogen) atoms. The molecule has 0 aromatic heterocycles. The molecule has 0 unspecified atom stereocenters. The fraction of sp³-hybridized carbons (Fsp3) is 0.909. The maximum atomic E-state index is 11.4. The van der Waals surface area contributed by atoms with Crippen molar-refractivity contribution in [1.82, 2.24) is 15.5 Å². The third-order valence-electron chi connectivity index (χ3n) is 2.72. The van der Waals surface area contributed by atoms with Crippen molar-refractivity contribution in [3.05, 3.63) is 0 Å². The molecule has 0 aromatic rings. The highest BCUT2D eigenvalue weighted by atomic mass is 28.4. The van der Waals surface area contributed by atoms with Gasteiger partial charge in [-0.15, -0.1) is 0 Å². The first-order chi connectivity index (χ1) is 8.39. The lowest BCUT2D eigenvalue weighted by molar-refractivity contribution is 0.237. The van der Waals surface area contributed by atoms with Crippen LogP contribution < -0.4 is 10.6 Å². The van der Waals surface area contributed by atoms with Gasteiger partial charge in [-0.05, 0) is 32.1 Å². The number of carbonyl (C=O) groups is 1. The number of carbonyl (C=O) groups excluding carboxylic acids is 1. The van der Waals surface area contributed by atoms with E-state index < -0.39 is 8.56 Å². The molecule has 6 nitrogen and oxygen atoms in total. The Balaban J connectivity index is 3.49. The summed E-state index contributed by atoms with van der Waals surface area (Å²) in [6.45, 7) is 9.56. The van der Waals surface area contributed by atoms with Gasteiger partial charge in [-0.1, -0.05) is 13.8 Å². The molecular weight excluding hydrogens is 250 g/mol. The number of rotatable bonds is 9. The predicted molar refractivity (Wildman–Crippen MR) is 74.7 cm³/mol. The van der Waals surface area contributed by atoms with Crippen LogP contribution in [-0.4, -0.2) is 61.8 Å². The van der Waals surface area contributed by atoms with E-state index in [1.807, 2.05) is 0 Å². The number of nitrogens with zero attached hydrogens (tertiary/aromatic N) is 1. The van der Waals surface area contributed by atoms with Crippen molar-refractivity contribution >= 4 is 14.6 Å².